The van der Waals surface area contributed by atoms with Crippen molar-refractivity contribution in [1.82, 2.24) is 8.68 Å². The summed E-state index contributed by atoms with van der Waals surface area (Å²) in [5.41, 5.74) is 2.08. The van der Waals surface area contributed by atoms with Crippen molar-refractivity contribution in [2.45, 2.75) is 79.1 Å². The zero-order chi connectivity index (χ0) is 19.0. The van der Waals surface area contributed by atoms with E-state index >= 15 is 0 Å². The highest BCUT2D eigenvalue weighted by molar-refractivity contribution is 6.70. The number of carbonyl (C=O) groups excluding carboxylic acids is 1. The fraction of sp³-hybridized carbons (Fsp3) is 0.800. The van der Waals surface area contributed by atoms with Gasteiger partial charge in [-0.25, -0.2) is 10.2 Å². The van der Waals surface area contributed by atoms with E-state index in [0.29, 0.717) is 6.42 Å². The quantitative estimate of drug-likeness (QED) is 0.320. The van der Waals surface area contributed by atoms with Crippen molar-refractivity contribution in [1.29, 1.82) is 0 Å². The van der Waals surface area contributed by atoms with E-state index in [2.05, 4.69) is 68.0 Å². The summed E-state index contributed by atoms with van der Waals surface area (Å²) in [7, 11) is -3.84. The van der Waals surface area contributed by atoms with Gasteiger partial charge in [0.2, 0.25) is 0 Å². The second-order valence-corrected chi connectivity index (χ2v) is 19.8. The van der Waals surface area contributed by atoms with Crippen molar-refractivity contribution in [3.63, 3.8) is 0 Å². The highest BCUT2D eigenvalue weighted by Gasteiger charge is 2.17. The minimum Gasteiger partial charge on any atom is -0.355 e. The van der Waals surface area contributed by atoms with E-state index in [1.807, 2.05) is 0 Å². The molecule has 0 aromatic rings. The van der Waals surface area contributed by atoms with Crippen LogP contribution in [0.25, 0.3) is 0 Å². The lowest BCUT2D eigenvalue weighted by Gasteiger charge is -2.29. The molecule has 0 aromatic carbocycles. The fourth-order valence-electron chi connectivity index (χ4n) is 2.77. The van der Waals surface area contributed by atoms with E-state index in [0.717, 1.165) is 17.8 Å². The molecule has 0 heterocycles. The summed E-state index contributed by atoms with van der Waals surface area (Å²) in [6.45, 7) is 22.3. The third-order valence-electron chi connectivity index (χ3n) is 3.57. The van der Waals surface area contributed by atoms with Crippen LogP contribution in [0.5, 0.6) is 0 Å². The van der Waals surface area contributed by atoms with Gasteiger partial charge >= 0.3 is 0 Å². The first-order valence-electron chi connectivity index (χ1n) is 9.12. The summed E-state index contributed by atoms with van der Waals surface area (Å²) in [5.74, 6) is 0.186. The van der Waals surface area contributed by atoms with Gasteiger partial charge in [0, 0.05) is 24.3 Å². The Morgan fingerprint density at radius 3 is 1.42 bits per heavy atom. The number of carbonyl (C=O) groups is 1. The molecular formula is C15H38N4OSi4. The van der Waals surface area contributed by atoms with E-state index in [1.54, 1.807) is 6.92 Å². The molecular weight excluding hydrogens is 365 g/mol. The minimum absolute atomic E-state index is 0.186. The molecule has 0 unspecified atom stereocenters. The molecule has 0 rings (SSSR count). The van der Waals surface area contributed by atoms with E-state index < -0.39 is 35.8 Å². The van der Waals surface area contributed by atoms with Crippen molar-refractivity contribution in [2.24, 2.45) is 10.2 Å². The lowest BCUT2D eigenvalue weighted by Crippen LogP contribution is -2.40. The summed E-state index contributed by atoms with van der Waals surface area (Å²) in [6, 6.07) is 0. The molecule has 140 valence electrons. The fourth-order valence-corrected chi connectivity index (χ4v) is 14.0. The van der Waals surface area contributed by atoms with Crippen molar-refractivity contribution in [3.8, 4) is 0 Å². The largest absolute Gasteiger partial charge is 0.355 e. The summed E-state index contributed by atoms with van der Waals surface area (Å²) < 4.78 is 4.75. The molecule has 0 spiro atoms. The topological polar surface area (TPSA) is 48.3 Å². The van der Waals surface area contributed by atoms with Gasteiger partial charge in [-0.15, -0.1) is 0 Å². The second kappa shape index (κ2) is 11.2. The predicted molar refractivity (Wildman–Crippen MR) is 120 cm³/mol. The van der Waals surface area contributed by atoms with Crippen LogP contribution in [0.2, 0.25) is 52.4 Å². The van der Waals surface area contributed by atoms with Crippen molar-refractivity contribution < 1.29 is 4.79 Å². The molecule has 5 nitrogen and oxygen atoms in total. The number of hydrazone groups is 2. The van der Waals surface area contributed by atoms with Crippen LogP contribution in [0.1, 0.15) is 26.7 Å². The van der Waals surface area contributed by atoms with Gasteiger partial charge in [0.25, 0.3) is 0 Å². The standard InChI is InChI=1S/C15H38N4OSi4/c1-13(16-18(21(3)4)22(5)6)11-15(12-14(2)20)17-19(23(7)8)24(9)10/h21-24H,11-12H2,1-10H3. The van der Waals surface area contributed by atoms with E-state index in [9.17, 15) is 4.79 Å². The van der Waals surface area contributed by atoms with Gasteiger partial charge in [0.1, 0.15) is 41.6 Å². The Labute approximate surface area is 155 Å². The molecule has 0 radical (unpaired) electrons. The van der Waals surface area contributed by atoms with Crippen LogP contribution in [0.15, 0.2) is 10.2 Å². The van der Waals surface area contributed by atoms with Gasteiger partial charge in [0.15, 0.2) is 0 Å². The molecule has 0 amide bonds. The van der Waals surface area contributed by atoms with Crippen LogP contribution >= 0.6 is 0 Å². The molecule has 0 aliphatic rings. The zero-order valence-electron chi connectivity index (χ0n) is 17.4. The van der Waals surface area contributed by atoms with Crippen LogP contribution in [0, 0.1) is 0 Å². The third kappa shape index (κ3) is 9.09. The first-order valence-corrected chi connectivity index (χ1v) is 20.4. The molecule has 0 aliphatic carbocycles. The maximum absolute atomic E-state index is 11.7. The third-order valence-corrected chi connectivity index (χ3v) is 15.4. The summed E-state index contributed by atoms with van der Waals surface area (Å²) in [6.07, 6.45) is 1.17. The van der Waals surface area contributed by atoms with Crippen LogP contribution in [0.4, 0.5) is 0 Å². The summed E-state index contributed by atoms with van der Waals surface area (Å²) >= 11 is 0. The van der Waals surface area contributed by atoms with Gasteiger partial charge < -0.3 is 8.68 Å². The van der Waals surface area contributed by atoms with Crippen LogP contribution in [-0.2, 0) is 4.79 Å². The van der Waals surface area contributed by atoms with Crippen LogP contribution in [0.3, 0.4) is 0 Å². The van der Waals surface area contributed by atoms with Crippen LogP contribution < -0.4 is 0 Å². The lowest BCUT2D eigenvalue weighted by molar-refractivity contribution is -0.115. The van der Waals surface area contributed by atoms with Crippen molar-refractivity contribution >= 4 is 53.0 Å². The Kier molecular flexibility index (Phi) is 10.9. The number of ketones is 1. The summed E-state index contributed by atoms with van der Waals surface area (Å²) in [4.78, 5) is 11.7. The smallest absolute Gasteiger partial charge is 0.144 e. The van der Waals surface area contributed by atoms with Crippen molar-refractivity contribution in [2.75, 3.05) is 0 Å². The Morgan fingerprint density at radius 2 is 1.08 bits per heavy atom. The molecule has 0 fully saturated rings. The van der Waals surface area contributed by atoms with Gasteiger partial charge in [0.05, 0.1) is 0 Å². The van der Waals surface area contributed by atoms with Gasteiger partial charge in [-0.1, -0.05) is 52.4 Å². The molecule has 9 heteroatoms. The minimum atomic E-state index is -0.992. The Bertz CT molecular complexity index is 448. The number of rotatable bonds is 10. The Balaban J connectivity index is 5.44. The Hall–Kier alpha value is -0.522. The maximum Gasteiger partial charge on any atom is 0.144 e. The molecule has 0 N–H and O–H groups in total. The van der Waals surface area contributed by atoms with Gasteiger partial charge in [-0.2, -0.15) is 0 Å². The number of nitrogens with zero attached hydrogens (tertiary/aromatic N) is 4. The predicted octanol–water partition coefficient (Wildman–Crippen LogP) is 2.63. The molecule has 0 aromatic heterocycles. The molecule has 24 heavy (non-hydrogen) atoms. The first kappa shape index (κ1) is 23.5. The second-order valence-electron chi connectivity index (χ2n) is 7.69. The average molecular weight is 403 g/mol. The van der Waals surface area contributed by atoms with Gasteiger partial charge in [-0.3, -0.25) is 4.79 Å². The van der Waals surface area contributed by atoms with Crippen molar-refractivity contribution in [3.05, 3.63) is 0 Å². The molecule has 0 aliphatic heterocycles. The SMILES string of the molecule is CC(=O)CC(CC(C)=NN([SiH](C)C)[SiH](C)C)=NN([SiH](C)C)[SiH](C)C. The Morgan fingerprint density at radius 1 is 0.708 bits per heavy atom. The van der Waals surface area contributed by atoms with E-state index in [-0.39, 0.29) is 5.78 Å². The first-order chi connectivity index (χ1) is 11.0. The number of hydrogen-bond donors (Lipinski definition) is 0. The number of hydrogen-bond acceptors (Lipinski definition) is 5. The monoisotopic (exact) mass is 402 g/mol. The number of Topliss-reactive ketones (excluding diaryl/α,β-unsaturated/α-hetero) is 1. The van der Waals surface area contributed by atoms with Gasteiger partial charge in [-0.05, 0) is 13.8 Å². The van der Waals surface area contributed by atoms with Crippen LogP contribution in [-0.4, -0.2) is 61.7 Å². The molecule has 0 saturated carbocycles. The summed E-state index contributed by atoms with van der Waals surface area (Å²) in [5, 5.41) is 9.83. The normalized spacial score (nSPS) is 13.4. The lowest BCUT2D eigenvalue weighted by atomic mass is 10.1. The van der Waals surface area contributed by atoms with E-state index in [4.69, 9.17) is 10.2 Å². The molecule has 0 saturated heterocycles. The zero-order valence-corrected chi connectivity index (χ0v) is 22.0. The maximum atomic E-state index is 11.7. The highest BCUT2D eigenvalue weighted by Crippen LogP contribution is 2.08. The van der Waals surface area contributed by atoms with E-state index in [1.165, 1.54) is 0 Å². The average Bonchev–Trinajstić information content (AvgIpc) is 2.39. The molecule has 0 bridgehead atoms. The molecule has 0 atom stereocenters. The highest BCUT2D eigenvalue weighted by atomic mass is 28.4.